The van der Waals surface area contributed by atoms with Crippen LogP contribution >= 0.6 is 0 Å². The number of anilines is 1. The van der Waals surface area contributed by atoms with E-state index in [2.05, 4.69) is 0 Å². The zero-order chi connectivity index (χ0) is 10.7. The van der Waals surface area contributed by atoms with E-state index in [1.54, 1.807) is 6.07 Å². The molecule has 1 aromatic rings. The summed E-state index contributed by atoms with van der Waals surface area (Å²) in [4.78, 5) is 1.84. The van der Waals surface area contributed by atoms with Gasteiger partial charge in [0.1, 0.15) is 5.82 Å². The Morgan fingerprint density at radius 2 is 2.14 bits per heavy atom. The molecule has 3 nitrogen and oxygen atoms in total. The maximum absolute atomic E-state index is 13.0. The number of aliphatic hydroxyl groups excluding tert-OH is 1. The van der Waals surface area contributed by atoms with Crippen LogP contribution in [0.15, 0.2) is 18.2 Å². The van der Waals surface area contributed by atoms with Gasteiger partial charge in [-0.3, -0.25) is 0 Å². The molecule has 1 unspecified atom stereocenters. The molecule has 78 valence electrons. The smallest absolute Gasteiger partial charge is 0.123 e. The molecule has 0 spiro atoms. The van der Waals surface area contributed by atoms with Crippen molar-refractivity contribution < 1.29 is 9.50 Å². The molecule has 0 amide bonds. The van der Waals surface area contributed by atoms with Gasteiger partial charge in [-0.1, -0.05) is 0 Å². The van der Waals surface area contributed by atoms with E-state index in [-0.39, 0.29) is 12.4 Å². The van der Waals surface area contributed by atoms with Crippen LogP contribution in [-0.4, -0.2) is 25.8 Å². The van der Waals surface area contributed by atoms with Crippen molar-refractivity contribution in [2.24, 2.45) is 5.73 Å². The summed E-state index contributed by atoms with van der Waals surface area (Å²) in [6.45, 7) is -0.190. The highest BCUT2D eigenvalue weighted by Gasteiger charge is 2.12. The summed E-state index contributed by atoms with van der Waals surface area (Å²) in [6, 6.07) is 3.85. The molecule has 3 N–H and O–H groups in total. The summed E-state index contributed by atoms with van der Waals surface area (Å²) in [7, 11) is 3.70. The van der Waals surface area contributed by atoms with Gasteiger partial charge in [0.15, 0.2) is 0 Å². The van der Waals surface area contributed by atoms with Gasteiger partial charge in [-0.15, -0.1) is 0 Å². The van der Waals surface area contributed by atoms with Crippen LogP contribution in [0.2, 0.25) is 0 Å². The molecule has 1 aromatic carbocycles. The topological polar surface area (TPSA) is 49.5 Å². The Balaban J connectivity index is 3.15. The lowest BCUT2D eigenvalue weighted by Crippen LogP contribution is -2.20. The molecule has 0 saturated heterocycles. The second kappa shape index (κ2) is 4.39. The first-order valence-corrected chi connectivity index (χ1v) is 4.39. The summed E-state index contributed by atoms with van der Waals surface area (Å²) < 4.78 is 13.0. The molecule has 0 saturated carbocycles. The fourth-order valence-corrected chi connectivity index (χ4v) is 1.33. The monoisotopic (exact) mass is 198 g/mol. The van der Waals surface area contributed by atoms with Gasteiger partial charge in [0.05, 0.1) is 12.6 Å². The lowest BCUT2D eigenvalue weighted by Gasteiger charge is -2.20. The average Bonchev–Trinajstić information content (AvgIpc) is 2.16. The van der Waals surface area contributed by atoms with Crippen molar-refractivity contribution in [1.82, 2.24) is 0 Å². The van der Waals surface area contributed by atoms with Crippen molar-refractivity contribution in [2.45, 2.75) is 6.04 Å². The summed E-state index contributed by atoms with van der Waals surface area (Å²) >= 11 is 0. The minimum absolute atomic E-state index is 0.190. The highest BCUT2D eigenvalue weighted by Crippen LogP contribution is 2.24. The van der Waals surface area contributed by atoms with Crippen molar-refractivity contribution in [3.05, 3.63) is 29.6 Å². The van der Waals surface area contributed by atoms with E-state index in [1.165, 1.54) is 12.1 Å². The SMILES string of the molecule is CN(C)c1ccc(F)cc1C(N)CO. The first-order valence-electron chi connectivity index (χ1n) is 4.39. The van der Waals surface area contributed by atoms with E-state index >= 15 is 0 Å². The van der Waals surface area contributed by atoms with E-state index in [0.717, 1.165) is 5.69 Å². The number of nitrogens with two attached hydrogens (primary N) is 1. The van der Waals surface area contributed by atoms with Gasteiger partial charge in [0.2, 0.25) is 0 Å². The maximum atomic E-state index is 13.0. The lowest BCUT2D eigenvalue weighted by molar-refractivity contribution is 0.268. The third kappa shape index (κ3) is 2.21. The van der Waals surface area contributed by atoms with Crippen LogP contribution in [0.25, 0.3) is 0 Å². The van der Waals surface area contributed by atoms with Crippen molar-refractivity contribution >= 4 is 5.69 Å². The fraction of sp³-hybridized carbons (Fsp3) is 0.400. The predicted molar refractivity (Wildman–Crippen MR) is 54.7 cm³/mol. The molecule has 1 atom stereocenters. The van der Waals surface area contributed by atoms with Crippen LogP contribution in [0.3, 0.4) is 0 Å². The fourth-order valence-electron chi connectivity index (χ4n) is 1.33. The van der Waals surface area contributed by atoms with Crippen LogP contribution < -0.4 is 10.6 Å². The number of benzene rings is 1. The Hall–Kier alpha value is -1.13. The molecule has 0 aromatic heterocycles. The van der Waals surface area contributed by atoms with Gasteiger partial charge in [-0.2, -0.15) is 0 Å². The number of halogens is 1. The van der Waals surface area contributed by atoms with Gasteiger partial charge >= 0.3 is 0 Å². The summed E-state index contributed by atoms with van der Waals surface area (Å²) in [6.07, 6.45) is 0. The number of hydrogen-bond acceptors (Lipinski definition) is 3. The molecule has 14 heavy (non-hydrogen) atoms. The summed E-state index contributed by atoms with van der Waals surface area (Å²) in [5, 5.41) is 8.92. The summed E-state index contributed by atoms with van der Waals surface area (Å²) in [5.41, 5.74) is 7.11. The van der Waals surface area contributed by atoms with Crippen LogP contribution in [0, 0.1) is 5.82 Å². The van der Waals surface area contributed by atoms with Gasteiger partial charge in [-0.25, -0.2) is 4.39 Å². The number of aliphatic hydroxyl groups is 1. The van der Waals surface area contributed by atoms with Gasteiger partial charge in [0.25, 0.3) is 0 Å². The highest BCUT2D eigenvalue weighted by molar-refractivity contribution is 5.54. The Labute approximate surface area is 83.0 Å². The van der Waals surface area contributed by atoms with Crippen LogP contribution in [0.4, 0.5) is 10.1 Å². The largest absolute Gasteiger partial charge is 0.394 e. The zero-order valence-corrected chi connectivity index (χ0v) is 8.37. The Morgan fingerprint density at radius 3 is 2.64 bits per heavy atom. The Morgan fingerprint density at radius 1 is 1.50 bits per heavy atom. The molecular formula is C10H15FN2O. The van der Waals surface area contributed by atoms with Crippen molar-refractivity contribution in [2.75, 3.05) is 25.6 Å². The standard InChI is InChI=1S/C10H15FN2O/c1-13(2)10-4-3-7(11)5-8(10)9(12)6-14/h3-5,9,14H,6,12H2,1-2H3. The summed E-state index contributed by atoms with van der Waals surface area (Å²) in [5.74, 6) is -0.338. The highest BCUT2D eigenvalue weighted by atomic mass is 19.1. The first-order chi connectivity index (χ1) is 6.56. The third-order valence-corrected chi connectivity index (χ3v) is 2.07. The molecule has 0 radical (unpaired) electrons. The number of rotatable bonds is 3. The zero-order valence-electron chi connectivity index (χ0n) is 8.37. The van der Waals surface area contributed by atoms with Crippen molar-refractivity contribution in [3.8, 4) is 0 Å². The lowest BCUT2D eigenvalue weighted by atomic mass is 10.1. The molecule has 0 aliphatic carbocycles. The Kier molecular flexibility index (Phi) is 3.43. The molecule has 0 fully saturated rings. The minimum Gasteiger partial charge on any atom is -0.394 e. The van der Waals surface area contributed by atoms with E-state index < -0.39 is 6.04 Å². The molecule has 4 heteroatoms. The van der Waals surface area contributed by atoms with Crippen LogP contribution in [0.1, 0.15) is 11.6 Å². The number of hydrogen-bond donors (Lipinski definition) is 2. The van der Waals surface area contributed by atoms with Crippen molar-refractivity contribution in [3.63, 3.8) is 0 Å². The van der Waals surface area contributed by atoms with Gasteiger partial charge in [0, 0.05) is 19.8 Å². The normalized spacial score (nSPS) is 12.6. The predicted octanol–water partition coefficient (Wildman–Crippen LogP) is 0.884. The molecular weight excluding hydrogens is 183 g/mol. The van der Waals surface area contributed by atoms with E-state index in [4.69, 9.17) is 10.8 Å². The van der Waals surface area contributed by atoms with Crippen LogP contribution in [-0.2, 0) is 0 Å². The second-order valence-corrected chi connectivity index (χ2v) is 3.39. The van der Waals surface area contributed by atoms with Crippen molar-refractivity contribution in [1.29, 1.82) is 0 Å². The van der Waals surface area contributed by atoms with E-state index in [1.807, 2.05) is 19.0 Å². The second-order valence-electron chi connectivity index (χ2n) is 3.39. The van der Waals surface area contributed by atoms with E-state index in [0.29, 0.717) is 5.56 Å². The number of nitrogens with zero attached hydrogens (tertiary/aromatic N) is 1. The van der Waals surface area contributed by atoms with Crippen LogP contribution in [0.5, 0.6) is 0 Å². The maximum Gasteiger partial charge on any atom is 0.123 e. The molecule has 1 rings (SSSR count). The average molecular weight is 198 g/mol. The Bertz CT molecular complexity index is 315. The first kappa shape index (κ1) is 10.9. The molecule has 0 bridgehead atoms. The quantitative estimate of drug-likeness (QED) is 0.758. The van der Waals surface area contributed by atoms with Gasteiger partial charge < -0.3 is 15.7 Å². The molecule has 0 heterocycles. The van der Waals surface area contributed by atoms with Gasteiger partial charge in [-0.05, 0) is 23.8 Å². The van der Waals surface area contributed by atoms with E-state index in [9.17, 15) is 4.39 Å². The third-order valence-electron chi connectivity index (χ3n) is 2.07. The molecule has 0 aliphatic heterocycles. The minimum atomic E-state index is -0.539. The molecule has 0 aliphatic rings.